The fourth-order valence-corrected chi connectivity index (χ4v) is 2.37. The van der Waals surface area contributed by atoms with Crippen LogP contribution in [0, 0.1) is 10.1 Å². The van der Waals surface area contributed by atoms with E-state index in [1.807, 2.05) is 24.3 Å². The third-order valence-corrected chi connectivity index (χ3v) is 3.67. The average Bonchev–Trinajstić information content (AvgIpc) is 2.59. The Bertz CT molecular complexity index is 765. The second kappa shape index (κ2) is 9.03. The van der Waals surface area contributed by atoms with Gasteiger partial charge in [-0.1, -0.05) is 22.0 Å². The predicted molar refractivity (Wildman–Crippen MR) is 94.2 cm³/mol. The van der Waals surface area contributed by atoms with Crippen LogP contribution in [0.25, 0.3) is 0 Å². The van der Waals surface area contributed by atoms with Crippen LogP contribution in [0.4, 0.5) is 5.69 Å². The highest BCUT2D eigenvalue weighted by molar-refractivity contribution is 9.10. The van der Waals surface area contributed by atoms with Gasteiger partial charge in [0, 0.05) is 10.9 Å². The number of esters is 1. The summed E-state index contributed by atoms with van der Waals surface area (Å²) >= 11 is 3.34. The molecule has 132 valence electrons. The number of nitro benzene ring substituents is 1. The number of carbonyl (C=O) groups is 1. The second-order valence-electron chi connectivity index (χ2n) is 4.97. The third kappa shape index (κ3) is 5.75. The van der Waals surface area contributed by atoms with Crippen molar-refractivity contribution in [2.45, 2.75) is 12.8 Å². The molecule has 0 aromatic heterocycles. The number of methoxy groups -OCH3 is 1. The van der Waals surface area contributed by atoms with Crippen molar-refractivity contribution in [3.63, 3.8) is 0 Å². The molecule has 0 amide bonds. The Morgan fingerprint density at radius 1 is 1.20 bits per heavy atom. The number of hydrogen-bond acceptors (Lipinski definition) is 6. The van der Waals surface area contributed by atoms with Gasteiger partial charge in [-0.3, -0.25) is 14.9 Å². The number of rotatable bonds is 8. The van der Waals surface area contributed by atoms with Gasteiger partial charge in [0.1, 0.15) is 11.5 Å². The minimum absolute atomic E-state index is 0.0805. The Kier molecular flexibility index (Phi) is 6.76. The molecule has 0 fully saturated rings. The Balaban J connectivity index is 1.85. The largest absolute Gasteiger partial charge is 0.496 e. The maximum atomic E-state index is 11.9. The van der Waals surface area contributed by atoms with Crippen molar-refractivity contribution >= 4 is 27.6 Å². The number of carbonyl (C=O) groups excluding carboxylic acids is 1. The maximum Gasteiger partial charge on any atom is 0.315 e. The van der Waals surface area contributed by atoms with E-state index in [1.54, 1.807) is 0 Å². The lowest BCUT2D eigenvalue weighted by atomic mass is 10.2. The van der Waals surface area contributed by atoms with E-state index >= 15 is 0 Å². The molecule has 0 spiro atoms. The summed E-state index contributed by atoms with van der Waals surface area (Å²) in [6.07, 6.45) is 0.506. The maximum absolute atomic E-state index is 11.9. The number of benzene rings is 2. The summed E-state index contributed by atoms with van der Waals surface area (Å²) in [5.41, 5.74) is -0.321. The van der Waals surface area contributed by atoms with Crippen molar-refractivity contribution in [2.75, 3.05) is 13.7 Å². The van der Waals surface area contributed by atoms with E-state index in [0.29, 0.717) is 24.5 Å². The quantitative estimate of drug-likeness (QED) is 0.214. The minimum Gasteiger partial charge on any atom is -0.496 e. The monoisotopic (exact) mass is 409 g/mol. The Morgan fingerprint density at radius 3 is 2.68 bits per heavy atom. The van der Waals surface area contributed by atoms with Crippen LogP contribution in [0.5, 0.6) is 17.2 Å². The van der Waals surface area contributed by atoms with Gasteiger partial charge < -0.3 is 14.2 Å². The molecular formula is C17H16BrNO6. The van der Waals surface area contributed by atoms with Crippen LogP contribution in [0.15, 0.2) is 46.9 Å². The minimum atomic E-state index is -0.624. The van der Waals surface area contributed by atoms with Crippen LogP contribution in [0.2, 0.25) is 0 Å². The van der Waals surface area contributed by atoms with Gasteiger partial charge in [0.25, 0.3) is 0 Å². The topological polar surface area (TPSA) is 87.9 Å². The first-order valence-corrected chi connectivity index (χ1v) is 8.20. The fraction of sp³-hybridized carbons (Fsp3) is 0.235. The number of nitrogens with zero attached hydrogens (tertiary/aromatic N) is 1. The van der Waals surface area contributed by atoms with Crippen LogP contribution in [0.3, 0.4) is 0 Å². The van der Waals surface area contributed by atoms with Gasteiger partial charge in [0.15, 0.2) is 0 Å². The first kappa shape index (κ1) is 18.7. The second-order valence-corrected chi connectivity index (χ2v) is 5.89. The highest BCUT2D eigenvalue weighted by Gasteiger charge is 2.19. The molecule has 0 aliphatic heterocycles. The summed E-state index contributed by atoms with van der Waals surface area (Å²) in [6, 6.07) is 11.4. The molecule has 0 aliphatic rings. The van der Waals surface area contributed by atoms with Crippen LogP contribution in [-0.4, -0.2) is 24.6 Å². The van der Waals surface area contributed by atoms with Gasteiger partial charge in [-0.25, -0.2) is 0 Å². The fourth-order valence-electron chi connectivity index (χ4n) is 1.99. The molecule has 0 atom stereocenters. The molecule has 7 nitrogen and oxygen atoms in total. The third-order valence-electron chi connectivity index (χ3n) is 3.18. The van der Waals surface area contributed by atoms with Crippen LogP contribution in [-0.2, 0) is 4.79 Å². The van der Waals surface area contributed by atoms with E-state index < -0.39 is 10.9 Å². The lowest BCUT2D eigenvalue weighted by Gasteiger charge is -2.08. The Labute approximate surface area is 152 Å². The highest BCUT2D eigenvalue weighted by atomic mass is 79.9. The summed E-state index contributed by atoms with van der Waals surface area (Å²) < 4.78 is 16.4. The SMILES string of the molecule is COc1ccc(OC(=O)CCCOc2cccc(Br)c2)c([N+](=O)[O-])c1. The zero-order chi connectivity index (χ0) is 18.2. The van der Waals surface area contributed by atoms with E-state index in [4.69, 9.17) is 14.2 Å². The van der Waals surface area contributed by atoms with Crippen molar-refractivity contribution in [3.8, 4) is 17.2 Å². The number of hydrogen-bond donors (Lipinski definition) is 0. The van der Waals surface area contributed by atoms with Crippen molar-refractivity contribution < 1.29 is 23.9 Å². The molecule has 0 N–H and O–H groups in total. The van der Waals surface area contributed by atoms with Crippen LogP contribution < -0.4 is 14.2 Å². The number of ether oxygens (including phenoxy) is 3. The zero-order valence-corrected chi connectivity index (χ0v) is 15.0. The summed E-state index contributed by atoms with van der Waals surface area (Å²) in [5.74, 6) is 0.331. The molecule has 0 unspecified atom stereocenters. The van der Waals surface area contributed by atoms with Gasteiger partial charge >= 0.3 is 11.7 Å². The molecule has 0 heterocycles. The van der Waals surface area contributed by atoms with Crippen molar-refractivity contribution in [2.24, 2.45) is 0 Å². The highest BCUT2D eigenvalue weighted by Crippen LogP contribution is 2.31. The predicted octanol–water partition coefficient (Wildman–Crippen LogP) is 4.13. The molecular weight excluding hydrogens is 394 g/mol. The first-order chi connectivity index (χ1) is 12.0. The molecule has 0 saturated heterocycles. The Hall–Kier alpha value is -2.61. The van der Waals surface area contributed by atoms with E-state index in [0.717, 1.165) is 4.47 Å². The van der Waals surface area contributed by atoms with E-state index in [-0.39, 0.29) is 17.9 Å². The van der Waals surface area contributed by atoms with Crippen molar-refractivity contribution in [1.29, 1.82) is 0 Å². The van der Waals surface area contributed by atoms with Crippen molar-refractivity contribution in [3.05, 3.63) is 57.1 Å². The standard InChI is InChI=1S/C17H16BrNO6/c1-23-13-7-8-16(15(11-13)19(21)22)25-17(20)6-3-9-24-14-5-2-4-12(18)10-14/h2,4-5,7-8,10-11H,3,6,9H2,1H3. The van der Waals surface area contributed by atoms with Gasteiger partial charge in [0.05, 0.1) is 24.7 Å². The van der Waals surface area contributed by atoms with Crippen molar-refractivity contribution in [1.82, 2.24) is 0 Å². The molecule has 2 rings (SSSR count). The Morgan fingerprint density at radius 2 is 2.00 bits per heavy atom. The van der Waals surface area contributed by atoms with Gasteiger partial charge in [-0.2, -0.15) is 0 Å². The van der Waals surface area contributed by atoms with Gasteiger partial charge in [-0.05, 0) is 36.8 Å². The summed E-state index contributed by atoms with van der Waals surface area (Å²) in [4.78, 5) is 22.3. The normalized spacial score (nSPS) is 10.2. The van der Waals surface area contributed by atoms with Gasteiger partial charge in [0.2, 0.25) is 5.75 Å². The van der Waals surface area contributed by atoms with E-state index in [2.05, 4.69) is 15.9 Å². The molecule has 0 aliphatic carbocycles. The lowest BCUT2D eigenvalue weighted by molar-refractivity contribution is -0.385. The smallest absolute Gasteiger partial charge is 0.315 e. The average molecular weight is 410 g/mol. The molecule has 25 heavy (non-hydrogen) atoms. The van der Waals surface area contributed by atoms with Crippen LogP contribution in [0.1, 0.15) is 12.8 Å². The number of halogens is 1. The summed E-state index contributed by atoms with van der Waals surface area (Å²) in [7, 11) is 1.40. The summed E-state index contributed by atoms with van der Waals surface area (Å²) in [5, 5.41) is 11.1. The molecule has 8 heteroatoms. The molecule has 0 radical (unpaired) electrons. The number of nitro groups is 1. The molecule has 0 bridgehead atoms. The zero-order valence-electron chi connectivity index (χ0n) is 13.4. The summed E-state index contributed by atoms with van der Waals surface area (Å²) in [6.45, 7) is 0.330. The van der Waals surface area contributed by atoms with Crippen LogP contribution >= 0.6 is 15.9 Å². The van der Waals surface area contributed by atoms with Gasteiger partial charge in [-0.15, -0.1) is 0 Å². The lowest BCUT2D eigenvalue weighted by Crippen LogP contribution is -2.11. The molecule has 0 saturated carbocycles. The van der Waals surface area contributed by atoms with E-state index in [1.165, 1.54) is 25.3 Å². The van der Waals surface area contributed by atoms with E-state index in [9.17, 15) is 14.9 Å². The molecule has 2 aromatic rings. The molecule has 2 aromatic carbocycles. The first-order valence-electron chi connectivity index (χ1n) is 7.41.